The van der Waals surface area contributed by atoms with E-state index in [2.05, 4.69) is 15.5 Å². The van der Waals surface area contributed by atoms with Gasteiger partial charge < -0.3 is 10.4 Å². The molecule has 2 heterocycles. The number of fused-ring (bicyclic) bond motifs is 1. The van der Waals surface area contributed by atoms with Crippen LogP contribution >= 0.6 is 11.6 Å². The lowest BCUT2D eigenvalue weighted by Crippen LogP contribution is -2.31. The van der Waals surface area contributed by atoms with Crippen LogP contribution in [-0.2, 0) is 17.9 Å². The normalized spacial score (nSPS) is 10.9. The average molecular weight is 438 g/mol. The van der Waals surface area contributed by atoms with Gasteiger partial charge in [-0.15, -0.1) is 0 Å². The molecule has 0 saturated heterocycles. The molecule has 10 heteroatoms. The third kappa shape index (κ3) is 4.17. The highest BCUT2D eigenvalue weighted by Crippen LogP contribution is 2.18. The number of rotatable bonds is 6. The van der Waals surface area contributed by atoms with E-state index in [-0.39, 0.29) is 16.5 Å². The first-order chi connectivity index (χ1) is 14.9. The highest BCUT2D eigenvalue weighted by molar-refractivity contribution is 6.31. The lowest BCUT2D eigenvalue weighted by molar-refractivity contribution is -0.117. The van der Waals surface area contributed by atoms with Gasteiger partial charge in [0.15, 0.2) is 5.69 Å². The molecule has 0 spiro atoms. The van der Waals surface area contributed by atoms with E-state index in [9.17, 15) is 19.5 Å². The summed E-state index contributed by atoms with van der Waals surface area (Å²) in [7, 11) is 0. The Morgan fingerprint density at radius 1 is 1.00 bits per heavy atom. The van der Waals surface area contributed by atoms with Gasteiger partial charge in [-0.3, -0.25) is 9.59 Å². The zero-order chi connectivity index (χ0) is 22.0. The Bertz CT molecular complexity index is 1360. The number of nitrogens with zero attached hydrogens (tertiary/aromatic N) is 4. The lowest BCUT2D eigenvalue weighted by atomic mass is 10.1. The minimum absolute atomic E-state index is 0.173. The standard InChI is InChI=1S/C21H16ClN5O4/c22-16-8-4-1-5-13(16)11-26-17(9-10-23-26)24-18(28)12-27-20(29)15-7-3-2-6-14(15)19(25-27)21(30)31/h1-10H,11-12H2,(H,24,28)(H,30,31). The number of hydrogen-bond acceptors (Lipinski definition) is 5. The Morgan fingerprint density at radius 2 is 1.71 bits per heavy atom. The molecule has 4 aromatic rings. The molecule has 0 radical (unpaired) electrons. The van der Waals surface area contributed by atoms with E-state index in [0.29, 0.717) is 17.4 Å². The van der Waals surface area contributed by atoms with Gasteiger partial charge in [0, 0.05) is 16.5 Å². The smallest absolute Gasteiger partial charge is 0.357 e. The SMILES string of the molecule is O=C(Cn1nc(C(=O)O)c2ccccc2c1=O)Nc1ccnn1Cc1ccccc1Cl. The minimum Gasteiger partial charge on any atom is -0.476 e. The number of carbonyl (C=O) groups excluding carboxylic acids is 1. The van der Waals surface area contributed by atoms with Crippen molar-refractivity contribution < 1.29 is 14.7 Å². The van der Waals surface area contributed by atoms with Crippen LogP contribution in [0.1, 0.15) is 16.1 Å². The molecule has 0 aliphatic heterocycles. The second kappa shape index (κ2) is 8.41. The molecule has 31 heavy (non-hydrogen) atoms. The number of hydrogen-bond donors (Lipinski definition) is 2. The predicted molar refractivity (Wildman–Crippen MR) is 114 cm³/mol. The number of halogens is 1. The summed E-state index contributed by atoms with van der Waals surface area (Å²) >= 11 is 6.19. The lowest BCUT2D eigenvalue weighted by Gasteiger charge is -2.11. The summed E-state index contributed by atoms with van der Waals surface area (Å²) in [6, 6.07) is 15.1. The van der Waals surface area contributed by atoms with Crippen LogP contribution in [0.15, 0.2) is 65.6 Å². The molecule has 156 valence electrons. The Labute approximate surface area is 180 Å². The maximum absolute atomic E-state index is 12.7. The van der Waals surface area contributed by atoms with Crippen molar-refractivity contribution in [3.63, 3.8) is 0 Å². The van der Waals surface area contributed by atoms with Gasteiger partial charge in [-0.05, 0) is 17.7 Å². The molecule has 0 aliphatic rings. The van der Waals surface area contributed by atoms with Crippen LogP contribution < -0.4 is 10.9 Å². The molecular weight excluding hydrogens is 422 g/mol. The van der Waals surface area contributed by atoms with Gasteiger partial charge in [0.25, 0.3) is 5.56 Å². The van der Waals surface area contributed by atoms with Crippen molar-refractivity contribution in [2.24, 2.45) is 0 Å². The summed E-state index contributed by atoms with van der Waals surface area (Å²) in [5, 5.41) is 21.1. The van der Waals surface area contributed by atoms with E-state index in [1.807, 2.05) is 18.2 Å². The Hall–Kier alpha value is -3.98. The molecule has 1 amide bonds. The van der Waals surface area contributed by atoms with Crippen LogP contribution in [-0.4, -0.2) is 36.5 Å². The molecule has 2 aromatic carbocycles. The minimum atomic E-state index is -1.29. The molecule has 4 rings (SSSR count). The van der Waals surface area contributed by atoms with Gasteiger partial charge in [0.1, 0.15) is 12.4 Å². The van der Waals surface area contributed by atoms with Crippen molar-refractivity contribution in [2.45, 2.75) is 13.1 Å². The van der Waals surface area contributed by atoms with Gasteiger partial charge >= 0.3 is 5.97 Å². The van der Waals surface area contributed by atoms with Gasteiger partial charge in [-0.2, -0.15) is 10.2 Å². The Balaban J connectivity index is 1.58. The Kier molecular flexibility index (Phi) is 5.50. The molecule has 2 N–H and O–H groups in total. The molecule has 0 fully saturated rings. The second-order valence-corrected chi connectivity index (χ2v) is 7.08. The van der Waals surface area contributed by atoms with Crippen molar-refractivity contribution in [1.82, 2.24) is 19.6 Å². The highest BCUT2D eigenvalue weighted by atomic mass is 35.5. The summed E-state index contributed by atoms with van der Waals surface area (Å²) in [6.07, 6.45) is 1.52. The highest BCUT2D eigenvalue weighted by Gasteiger charge is 2.17. The van der Waals surface area contributed by atoms with Crippen LogP contribution in [0.4, 0.5) is 5.82 Å². The van der Waals surface area contributed by atoms with E-state index in [1.165, 1.54) is 18.3 Å². The monoisotopic (exact) mass is 437 g/mol. The van der Waals surface area contributed by atoms with E-state index in [4.69, 9.17) is 11.6 Å². The molecule has 9 nitrogen and oxygen atoms in total. The van der Waals surface area contributed by atoms with Crippen molar-refractivity contribution in [3.05, 3.63) is 87.4 Å². The zero-order valence-electron chi connectivity index (χ0n) is 16.0. The van der Waals surface area contributed by atoms with Crippen molar-refractivity contribution >= 4 is 40.1 Å². The summed E-state index contributed by atoms with van der Waals surface area (Å²) in [4.78, 5) is 36.8. The fourth-order valence-corrected chi connectivity index (χ4v) is 3.37. The van der Waals surface area contributed by atoms with Crippen molar-refractivity contribution in [2.75, 3.05) is 5.32 Å². The number of carbonyl (C=O) groups is 2. The maximum Gasteiger partial charge on any atom is 0.357 e. The van der Waals surface area contributed by atoms with Crippen molar-refractivity contribution in [3.8, 4) is 0 Å². The third-order valence-electron chi connectivity index (χ3n) is 4.63. The molecule has 0 unspecified atom stereocenters. The van der Waals surface area contributed by atoms with Crippen LogP contribution in [0.25, 0.3) is 10.8 Å². The van der Waals surface area contributed by atoms with E-state index < -0.39 is 24.0 Å². The molecule has 0 aliphatic carbocycles. The largest absolute Gasteiger partial charge is 0.476 e. The number of benzene rings is 2. The first-order valence-corrected chi connectivity index (χ1v) is 9.60. The van der Waals surface area contributed by atoms with Crippen LogP contribution in [0.5, 0.6) is 0 Å². The topological polar surface area (TPSA) is 119 Å². The summed E-state index contributed by atoms with van der Waals surface area (Å²) in [5.74, 6) is -1.44. The second-order valence-electron chi connectivity index (χ2n) is 6.68. The third-order valence-corrected chi connectivity index (χ3v) is 4.99. The zero-order valence-corrected chi connectivity index (χ0v) is 16.8. The molecule has 0 bridgehead atoms. The van der Waals surface area contributed by atoms with Gasteiger partial charge in [0.05, 0.1) is 18.1 Å². The number of aromatic carboxylic acids is 1. The fraction of sp³-hybridized carbons (Fsp3) is 0.0952. The van der Waals surface area contributed by atoms with Gasteiger partial charge in [-0.25, -0.2) is 14.2 Å². The van der Waals surface area contributed by atoms with E-state index >= 15 is 0 Å². The first kappa shape index (κ1) is 20.3. The Morgan fingerprint density at radius 3 is 2.45 bits per heavy atom. The number of amides is 1. The van der Waals surface area contributed by atoms with E-state index in [1.54, 1.807) is 28.9 Å². The average Bonchev–Trinajstić information content (AvgIpc) is 3.18. The number of carboxylic acids is 1. The van der Waals surface area contributed by atoms with E-state index in [0.717, 1.165) is 10.2 Å². The summed E-state index contributed by atoms with van der Waals surface area (Å²) in [6.45, 7) is -0.124. The molecule has 0 saturated carbocycles. The number of nitrogens with one attached hydrogen (secondary N) is 1. The molecular formula is C21H16ClN5O4. The number of aromatic nitrogens is 4. The summed E-state index contributed by atoms with van der Waals surface area (Å²) in [5.41, 5.74) is -0.0334. The molecule has 2 aromatic heterocycles. The first-order valence-electron chi connectivity index (χ1n) is 9.22. The van der Waals surface area contributed by atoms with Crippen LogP contribution in [0.2, 0.25) is 5.02 Å². The van der Waals surface area contributed by atoms with Crippen molar-refractivity contribution in [1.29, 1.82) is 0 Å². The number of anilines is 1. The number of carboxylic acid groups (broad SMARTS) is 1. The summed E-state index contributed by atoms with van der Waals surface area (Å²) < 4.78 is 2.40. The van der Waals surface area contributed by atoms with Gasteiger partial charge in [0.2, 0.25) is 5.91 Å². The molecule has 0 atom stereocenters. The van der Waals surface area contributed by atoms with Crippen LogP contribution in [0.3, 0.4) is 0 Å². The quantitative estimate of drug-likeness (QED) is 0.478. The predicted octanol–water partition coefficient (Wildman–Crippen LogP) is 2.63. The van der Waals surface area contributed by atoms with Crippen LogP contribution in [0, 0.1) is 0 Å². The van der Waals surface area contributed by atoms with Gasteiger partial charge in [-0.1, -0.05) is 48.0 Å². The fourth-order valence-electron chi connectivity index (χ4n) is 3.17. The maximum atomic E-state index is 12.7.